The molecule has 0 atom stereocenters. The Morgan fingerprint density at radius 3 is 1.16 bits per heavy atom. The summed E-state index contributed by atoms with van der Waals surface area (Å²) >= 11 is -0.840. The average molecular weight is 529 g/mol. The second-order valence-electron chi connectivity index (χ2n) is 8.73. The summed E-state index contributed by atoms with van der Waals surface area (Å²) in [4.78, 5) is 0. The molecule has 160 valence electrons. The summed E-state index contributed by atoms with van der Waals surface area (Å²) in [6.45, 7) is 13.7. The molecule has 0 unspecified atom stereocenters. The number of aryl methyl sites for hydroxylation is 2. The SMILES string of the molecule is CC1=C(C)C(c2ccc(C)cc2)=[C]([Zr+2][C]2=C(c3ccc(C)cc3)C(C)=C(C)C2)C1.[Cl-].[Cl-]. The quantitative estimate of drug-likeness (QED) is 0.570. The van der Waals surface area contributed by atoms with Gasteiger partial charge in [-0.2, -0.15) is 0 Å². The van der Waals surface area contributed by atoms with Gasteiger partial charge in [0.15, 0.2) is 0 Å². The fraction of sp³-hybridized carbons (Fsp3) is 0.286. The molecule has 3 heteroatoms. The standard InChI is InChI=1S/2C14H15.2ClH.Zr/c2*1-10-4-7-13(8-5-10)14-9-6-11(2)12(14)3;;;/h2*4-5,7-8H,6H2,1-3H3;2*1H;/q;;;;+2/p-2. The van der Waals surface area contributed by atoms with Crippen molar-refractivity contribution < 1.29 is 48.0 Å². The second kappa shape index (κ2) is 10.7. The topological polar surface area (TPSA) is 0 Å². The summed E-state index contributed by atoms with van der Waals surface area (Å²) in [6, 6.07) is 18.3. The molecular weight excluding hydrogens is 498 g/mol. The van der Waals surface area contributed by atoms with Gasteiger partial charge in [-0.25, -0.2) is 0 Å². The number of benzene rings is 2. The Bertz CT molecular complexity index is 1010. The minimum Gasteiger partial charge on any atom is -1.00 e. The molecule has 0 aromatic heterocycles. The zero-order valence-corrected chi connectivity index (χ0v) is 23.3. The maximum Gasteiger partial charge on any atom is -1.00 e. The van der Waals surface area contributed by atoms with E-state index in [9.17, 15) is 0 Å². The second-order valence-corrected chi connectivity index (χ2v) is 12.3. The van der Waals surface area contributed by atoms with Crippen LogP contribution in [0.3, 0.4) is 0 Å². The monoisotopic (exact) mass is 526 g/mol. The Morgan fingerprint density at radius 2 is 0.839 bits per heavy atom. The summed E-state index contributed by atoms with van der Waals surface area (Å²) in [5.41, 5.74) is 14.8. The van der Waals surface area contributed by atoms with Gasteiger partial charge in [0, 0.05) is 0 Å². The Balaban J connectivity index is 0.00000171. The Morgan fingerprint density at radius 1 is 0.516 bits per heavy atom. The maximum absolute atomic E-state index is 2.33. The third-order valence-corrected chi connectivity index (χ3v) is 10.1. The minimum atomic E-state index is -0.840. The summed E-state index contributed by atoms with van der Waals surface area (Å²) < 4.78 is 3.52. The number of hydrogen-bond acceptors (Lipinski definition) is 0. The van der Waals surface area contributed by atoms with Gasteiger partial charge in [0.05, 0.1) is 0 Å². The van der Waals surface area contributed by atoms with Gasteiger partial charge < -0.3 is 24.8 Å². The van der Waals surface area contributed by atoms with Crippen LogP contribution < -0.4 is 24.8 Å². The van der Waals surface area contributed by atoms with Crippen LogP contribution >= 0.6 is 0 Å². The van der Waals surface area contributed by atoms with Crippen LogP contribution in [-0.4, -0.2) is 0 Å². The molecule has 0 fully saturated rings. The fourth-order valence-electron chi connectivity index (χ4n) is 4.47. The van der Waals surface area contributed by atoms with Gasteiger partial charge in [0.2, 0.25) is 0 Å². The summed E-state index contributed by atoms with van der Waals surface area (Å²) in [6.07, 6.45) is 2.37. The van der Waals surface area contributed by atoms with Crippen molar-refractivity contribution >= 4 is 11.1 Å². The average Bonchev–Trinajstić information content (AvgIpc) is 3.13. The minimum absolute atomic E-state index is 0. The molecule has 0 heterocycles. The van der Waals surface area contributed by atoms with Crippen molar-refractivity contribution in [3.8, 4) is 0 Å². The zero-order valence-electron chi connectivity index (χ0n) is 19.3. The van der Waals surface area contributed by atoms with Crippen molar-refractivity contribution in [3.63, 3.8) is 0 Å². The van der Waals surface area contributed by atoms with E-state index in [0.29, 0.717) is 0 Å². The molecule has 0 nitrogen and oxygen atoms in total. The molecule has 0 amide bonds. The molecule has 0 saturated carbocycles. The van der Waals surface area contributed by atoms with Gasteiger partial charge in [0.1, 0.15) is 0 Å². The molecule has 4 rings (SSSR count). The molecule has 2 aliphatic carbocycles. The van der Waals surface area contributed by atoms with E-state index in [4.69, 9.17) is 0 Å². The van der Waals surface area contributed by atoms with Crippen molar-refractivity contribution in [2.75, 3.05) is 0 Å². The van der Waals surface area contributed by atoms with Crippen molar-refractivity contribution in [2.45, 2.75) is 54.4 Å². The van der Waals surface area contributed by atoms with Crippen LogP contribution in [-0.2, 0) is 23.2 Å². The molecular formula is C28H30Cl2Zr. The van der Waals surface area contributed by atoms with Crippen LogP contribution in [0.15, 0.2) is 77.4 Å². The smallest absolute Gasteiger partial charge is 1.00 e. The van der Waals surface area contributed by atoms with Gasteiger partial charge in [0.25, 0.3) is 0 Å². The van der Waals surface area contributed by atoms with Crippen LogP contribution in [0.25, 0.3) is 11.1 Å². The molecule has 0 spiro atoms. The first kappa shape index (κ1) is 26.1. The molecule has 31 heavy (non-hydrogen) atoms. The van der Waals surface area contributed by atoms with Crippen molar-refractivity contribution in [3.05, 3.63) is 99.6 Å². The summed E-state index contributed by atoms with van der Waals surface area (Å²) in [5.74, 6) is 0. The fourth-order valence-corrected chi connectivity index (χ4v) is 9.35. The predicted octanol–water partition coefficient (Wildman–Crippen LogP) is 2.00. The van der Waals surface area contributed by atoms with E-state index in [1.165, 1.54) is 46.2 Å². The molecule has 2 aromatic rings. The first-order valence-corrected chi connectivity index (χ1v) is 13.0. The van der Waals surface area contributed by atoms with Crippen molar-refractivity contribution in [1.29, 1.82) is 0 Å². The van der Waals surface area contributed by atoms with Crippen LogP contribution in [0.5, 0.6) is 0 Å². The largest absolute Gasteiger partial charge is 1.00 e. The van der Waals surface area contributed by atoms with E-state index in [0.717, 1.165) is 0 Å². The van der Waals surface area contributed by atoms with Gasteiger partial charge in [-0.3, -0.25) is 0 Å². The molecule has 2 aliphatic rings. The van der Waals surface area contributed by atoms with E-state index in [1.807, 2.05) is 0 Å². The number of allylic oxidation sites excluding steroid dienone is 8. The normalized spacial score (nSPS) is 15.9. The molecule has 0 bridgehead atoms. The third-order valence-electron chi connectivity index (χ3n) is 6.50. The van der Waals surface area contributed by atoms with Gasteiger partial charge in [-0.15, -0.1) is 0 Å². The summed E-state index contributed by atoms with van der Waals surface area (Å²) in [7, 11) is 0. The maximum atomic E-state index is 2.33. The first-order chi connectivity index (χ1) is 13.8. The predicted molar refractivity (Wildman–Crippen MR) is 122 cm³/mol. The molecule has 0 aliphatic heterocycles. The number of halogens is 2. The van der Waals surface area contributed by atoms with Crippen LogP contribution in [0.4, 0.5) is 0 Å². The van der Waals surface area contributed by atoms with Gasteiger partial charge >= 0.3 is 188 Å². The zero-order chi connectivity index (χ0) is 20.7. The van der Waals surface area contributed by atoms with Crippen LogP contribution in [0.1, 0.15) is 62.8 Å². The van der Waals surface area contributed by atoms with E-state index in [1.54, 1.807) is 28.9 Å². The summed E-state index contributed by atoms with van der Waals surface area (Å²) in [5, 5.41) is 0. The molecule has 2 aromatic carbocycles. The molecule has 0 radical (unpaired) electrons. The van der Waals surface area contributed by atoms with Crippen molar-refractivity contribution in [2.24, 2.45) is 0 Å². The van der Waals surface area contributed by atoms with E-state index >= 15 is 0 Å². The Hall–Kier alpha value is -1.14. The Labute approximate surface area is 212 Å². The van der Waals surface area contributed by atoms with E-state index < -0.39 is 23.2 Å². The van der Waals surface area contributed by atoms with Crippen LogP contribution in [0.2, 0.25) is 0 Å². The van der Waals surface area contributed by atoms with Gasteiger partial charge in [-0.05, 0) is 0 Å². The Kier molecular flexibility index (Phi) is 8.98. The third kappa shape index (κ3) is 5.27. The first-order valence-electron chi connectivity index (χ1n) is 10.6. The van der Waals surface area contributed by atoms with Crippen molar-refractivity contribution in [1.82, 2.24) is 0 Å². The molecule has 0 saturated heterocycles. The van der Waals surface area contributed by atoms with E-state index in [-0.39, 0.29) is 24.8 Å². The van der Waals surface area contributed by atoms with E-state index in [2.05, 4.69) is 90.1 Å². The van der Waals surface area contributed by atoms with Gasteiger partial charge in [-0.1, -0.05) is 0 Å². The number of hydrogen-bond donors (Lipinski definition) is 0. The molecule has 0 N–H and O–H groups in total. The van der Waals surface area contributed by atoms with Crippen LogP contribution in [0, 0.1) is 13.8 Å². The number of rotatable bonds is 4.